The summed E-state index contributed by atoms with van der Waals surface area (Å²) < 4.78 is 28.6. The Bertz CT molecular complexity index is 350. The van der Waals surface area contributed by atoms with Crippen molar-refractivity contribution < 1.29 is 30.1 Å². The largest absolute Gasteiger partial charge is 1.00 e. The minimum absolute atomic E-state index is 0. The van der Waals surface area contributed by atoms with Gasteiger partial charge in [0.25, 0.3) is 0 Å². The number of aromatic amines is 1. The second kappa shape index (κ2) is 6.81. The Kier molecular flexibility index (Phi) is 6.55. The van der Waals surface area contributed by atoms with Crippen LogP contribution in [0.4, 0.5) is 0 Å². The number of nitrogens with one attached hydrogen (secondary N) is 1. The first-order valence-corrected chi connectivity index (χ1v) is 6.41. The van der Waals surface area contributed by atoms with Crippen molar-refractivity contribution >= 4 is 9.84 Å². The summed E-state index contributed by atoms with van der Waals surface area (Å²) in [7, 11) is -2.85. The normalized spacial score (nSPS) is 11.0. The van der Waals surface area contributed by atoms with Gasteiger partial charge in [-0.2, -0.15) is 0 Å². The Morgan fingerprint density at radius 1 is 1.47 bits per heavy atom. The molecular formula is C8H15ClN2O3S. The van der Waals surface area contributed by atoms with Crippen molar-refractivity contribution in [2.75, 3.05) is 18.6 Å². The van der Waals surface area contributed by atoms with Gasteiger partial charge in [0.05, 0.1) is 12.4 Å². The van der Waals surface area contributed by atoms with Gasteiger partial charge in [-0.05, 0) is 6.42 Å². The van der Waals surface area contributed by atoms with Crippen LogP contribution >= 0.6 is 0 Å². The lowest BCUT2D eigenvalue weighted by Crippen LogP contribution is -3.00. The highest BCUT2D eigenvalue weighted by Gasteiger charge is 2.01. The molecule has 1 N–H and O–H groups in total. The second-order valence-electron chi connectivity index (χ2n) is 3.15. The summed E-state index contributed by atoms with van der Waals surface area (Å²) in [6.07, 6.45) is 7.19. The molecule has 0 aliphatic rings. The molecule has 88 valence electrons. The second-order valence-corrected chi connectivity index (χ2v) is 5.41. The van der Waals surface area contributed by atoms with Crippen molar-refractivity contribution in [1.29, 1.82) is 0 Å². The van der Waals surface area contributed by atoms with Gasteiger partial charge in [-0.15, -0.1) is 0 Å². The van der Waals surface area contributed by atoms with Crippen molar-refractivity contribution in [3.05, 3.63) is 18.7 Å². The Hall–Kier alpha value is -0.590. The highest BCUT2D eigenvalue weighted by Crippen LogP contribution is 1.89. The molecule has 1 rings (SSSR count). The third-order valence-electron chi connectivity index (χ3n) is 1.65. The van der Waals surface area contributed by atoms with E-state index in [-0.39, 0.29) is 18.2 Å². The van der Waals surface area contributed by atoms with Crippen LogP contribution in [0.3, 0.4) is 0 Å². The monoisotopic (exact) mass is 254 g/mol. The van der Waals surface area contributed by atoms with Gasteiger partial charge < -0.3 is 17.1 Å². The lowest BCUT2D eigenvalue weighted by molar-refractivity contribution is -0.731. The molecule has 0 aliphatic heterocycles. The molecule has 7 heteroatoms. The summed E-state index contributed by atoms with van der Waals surface area (Å²) in [5.74, 6) is 0.185. The molecule has 0 unspecified atom stereocenters. The topological polar surface area (TPSA) is 63.0 Å². The van der Waals surface area contributed by atoms with E-state index in [1.165, 1.54) is 6.26 Å². The highest BCUT2D eigenvalue weighted by atomic mass is 35.5. The lowest BCUT2D eigenvalue weighted by Gasteiger charge is -2.00. The molecule has 0 bridgehead atoms. The van der Waals surface area contributed by atoms with Crippen molar-refractivity contribution in [2.24, 2.45) is 0 Å². The zero-order valence-corrected chi connectivity index (χ0v) is 10.1. The molecule has 0 atom stereocenters. The Morgan fingerprint density at radius 3 is 2.73 bits per heavy atom. The summed E-state index contributed by atoms with van der Waals surface area (Å²) in [5.41, 5.74) is 0. The Balaban J connectivity index is 0.00000196. The maximum absolute atomic E-state index is 10.8. The summed E-state index contributed by atoms with van der Waals surface area (Å²) in [6.45, 7) is 0.915. The van der Waals surface area contributed by atoms with Crippen LogP contribution in [0.15, 0.2) is 18.7 Å². The predicted molar refractivity (Wildman–Crippen MR) is 51.3 cm³/mol. The molecule has 0 fully saturated rings. The summed E-state index contributed by atoms with van der Waals surface area (Å²) in [5, 5.41) is 0. The molecule has 0 radical (unpaired) electrons. The quantitative estimate of drug-likeness (QED) is 0.428. The van der Waals surface area contributed by atoms with Crippen LogP contribution in [0, 0.1) is 0 Å². The zero-order chi connectivity index (χ0) is 10.4. The van der Waals surface area contributed by atoms with E-state index in [0.717, 1.165) is 0 Å². The number of sulfone groups is 1. The molecular weight excluding hydrogens is 240 g/mol. The minimum Gasteiger partial charge on any atom is -1.00 e. The van der Waals surface area contributed by atoms with Gasteiger partial charge in [-0.1, -0.05) is 0 Å². The number of H-pyrrole nitrogens is 1. The van der Waals surface area contributed by atoms with Gasteiger partial charge in [-0.25, -0.2) is 13.0 Å². The number of hydrogen-bond donors (Lipinski definition) is 1. The molecule has 0 saturated heterocycles. The first-order chi connectivity index (χ1) is 6.58. The Morgan fingerprint density at radius 2 is 2.20 bits per heavy atom. The van der Waals surface area contributed by atoms with Crippen LogP contribution in [-0.4, -0.2) is 32.0 Å². The van der Waals surface area contributed by atoms with Crippen LogP contribution in [0.2, 0.25) is 0 Å². The van der Waals surface area contributed by atoms with Gasteiger partial charge in [0.15, 0.2) is 6.73 Å². The standard InChI is InChI=1S/C8H14N2O3S.ClH/c1-14(11,12)6-2-5-13-8-10-4-3-9-7-10;/h3-4,7H,2,5-6,8H2,1H3;1H. The number of halogens is 1. The maximum Gasteiger partial charge on any atom is 0.243 e. The number of ether oxygens (including phenoxy) is 1. The highest BCUT2D eigenvalue weighted by molar-refractivity contribution is 7.90. The average Bonchev–Trinajstić information content (AvgIpc) is 2.54. The van der Waals surface area contributed by atoms with E-state index >= 15 is 0 Å². The van der Waals surface area contributed by atoms with Crippen molar-refractivity contribution in [2.45, 2.75) is 13.2 Å². The molecule has 1 aromatic rings. The van der Waals surface area contributed by atoms with Gasteiger partial charge in [0.1, 0.15) is 22.2 Å². The summed E-state index contributed by atoms with van der Waals surface area (Å²) in [6, 6.07) is 0. The number of rotatable bonds is 6. The van der Waals surface area contributed by atoms with Gasteiger partial charge in [-0.3, -0.25) is 4.98 Å². The molecule has 0 aliphatic carbocycles. The first-order valence-electron chi connectivity index (χ1n) is 4.35. The maximum atomic E-state index is 10.8. The van der Waals surface area contributed by atoms with Crippen LogP contribution < -0.4 is 17.0 Å². The molecule has 1 heterocycles. The van der Waals surface area contributed by atoms with Gasteiger partial charge in [0.2, 0.25) is 6.33 Å². The molecule has 0 aromatic carbocycles. The third-order valence-corrected chi connectivity index (χ3v) is 2.68. The number of imidazole rings is 1. The van der Waals surface area contributed by atoms with Crippen LogP contribution in [0.5, 0.6) is 0 Å². The average molecular weight is 255 g/mol. The number of hydrogen-bond acceptors (Lipinski definition) is 3. The van der Waals surface area contributed by atoms with E-state index in [0.29, 0.717) is 19.8 Å². The number of nitrogens with zero attached hydrogens (tertiary/aromatic N) is 1. The van der Waals surface area contributed by atoms with E-state index in [1.54, 1.807) is 12.5 Å². The number of aromatic nitrogens is 2. The van der Waals surface area contributed by atoms with E-state index in [2.05, 4.69) is 4.98 Å². The molecule has 0 saturated carbocycles. The molecule has 0 amide bonds. The fraction of sp³-hybridized carbons (Fsp3) is 0.625. The van der Waals surface area contributed by atoms with E-state index in [4.69, 9.17) is 4.74 Å². The van der Waals surface area contributed by atoms with Gasteiger partial charge >= 0.3 is 0 Å². The Labute approximate surface area is 95.8 Å². The smallest absolute Gasteiger partial charge is 0.243 e. The summed E-state index contributed by atoms with van der Waals surface area (Å²) in [4.78, 5) is 2.88. The van der Waals surface area contributed by atoms with Crippen molar-refractivity contribution in [1.82, 2.24) is 4.98 Å². The first kappa shape index (κ1) is 14.4. The lowest BCUT2D eigenvalue weighted by atomic mass is 10.5. The van der Waals surface area contributed by atoms with E-state index in [9.17, 15) is 8.42 Å². The zero-order valence-electron chi connectivity index (χ0n) is 8.52. The molecule has 15 heavy (non-hydrogen) atoms. The predicted octanol–water partition coefficient (Wildman–Crippen LogP) is -3.28. The molecule has 5 nitrogen and oxygen atoms in total. The molecule has 0 spiro atoms. The van der Waals surface area contributed by atoms with Crippen LogP contribution in [0.25, 0.3) is 0 Å². The molecule has 1 aromatic heterocycles. The van der Waals surface area contributed by atoms with E-state index in [1.807, 2.05) is 10.8 Å². The minimum atomic E-state index is -2.85. The fourth-order valence-electron chi connectivity index (χ4n) is 0.994. The van der Waals surface area contributed by atoms with Crippen molar-refractivity contribution in [3.63, 3.8) is 0 Å². The van der Waals surface area contributed by atoms with Crippen molar-refractivity contribution in [3.8, 4) is 0 Å². The van der Waals surface area contributed by atoms with Gasteiger partial charge in [0, 0.05) is 6.26 Å². The van der Waals surface area contributed by atoms with E-state index < -0.39 is 9.84 Å². The van der Waals surface area contributed by atoms with Crippen LogP contribution in [0.1, 0.15) is 6.42 Å². The van der Waals surface area contributed by atoms with Crippen LogP contribution in [-0.2, 0) is 21.3 Å². The summed E-state index contributed by atoms with van der Waals surface area (Å²) >= 11 is 0. The SMILES string of the molecule is CS(=O)(=O)CCCOC[n+]1cc[nH]c1.[Cl-]. The third kappa shape index (κ3) is 7.35. The fourth-order valence-corrected chi connectivity index (χ4v) is 1.64.